The largest absolute Gasteiger partial charge is 0.340 e. The molecule has 7 heteroatoms. The predicted molar refractivity (Wildman–Crippen MR) is 111 cm³/mol. The fraction of sp³-hybridized carbons (Fsp3) is 0.526. The first-order valence-corrected chi connectivity index (χ1v) is 8.97. The number of pyridine rings is 1. The second-order valence-electron chi connectivity index (χ2n) is 7.03. The summed E-state index contributed by atoms with van der Waals surface area (Å²) in [5.74, 6) is 1.58. The van der Waals surface area contributed by atoms with Gasteiger partial charge in [0.2, 0.25) is 5.95 Å². The highest BCUT2D eigenvalue weighted by atomic mass is 35.5. The van der Waals surface area contributed by atoms with E-state index in [1.165, 1.54) is 25.8 Å². The quantitative estimate of drug-likeness (QED) is 0.841. The third-order valence-electron chi connectivity index (χ3n) is 5.32. The van der Waals surface area contributed by atoms with E-state index in [0.717, 1.165) is 47.6 Å². The third-order valence-corrected chi connectivity index (χ3v) is 5.32. The van der Waals surface area contributed by atoms with Gasteiger partial charge in [-0.1, -0.05) is 0 Å². The SMILES string of the molecule is Cc1ccc(-c2ccnc(N3CC[C@@H]4NCCC[C@@H]4C3)n2)c(C)n1.Cl.Cl. The van der Waals surface area contributed by atoms with Gasteiger partial charge in [-0.25, -0.2) is 9.97 Å². The van der Waals surface area contributed by atoms with Crippen LogP contribution in [0, 0.1) is 19.8 Å². The second-order valence-corrected chi connectivity index (χ2v) is 7.03. The van der Waals surface area contributed by atoms with Crippen molar-refractivity contribution in [1.82, 2.24) is 20.3 Å². The smallest absolute Gasteiger partial charge is 0.225 e. The van der Waals surface area contributed by atoms with Gasteiger partial charge in [-0.3, -0.25) is 4.98 Å². The molecule has 0 aliphatic carbocycles. The zero-order valence-corrected chi connectivity index (χ0v) is 16.9. The highest BCUT2D eigenvalue weighted by Gasteiger charge is 2.31. The van der Waals surface area contributed by atoms with Gasteiger partial charge in [0.25, 0.3) is 0 Å². The molecule has 2 aliphatic rings. The molecule has 0 spiro atoms. The van der Waals surface area contributed by atoms with Crippen molar-refractivity contribution in [1.29, 1.82) is 0 Å². The molecule has 2 fully saturated rings. The van der Waals surface area contributed by atoms with Gasteiger partial charge < -0.3 is 10.2 Å². The molecule has 0 unspecified atom stereocenters. The van der Waals surface area contributed by atoms with E-state index in [-0.39, 0.29) is 24.8 Å². The van der Waals surface area contributed by atoms with Crippen LogP contribution in [-0.4, -0.2) is 40.6 Å². The molecule has 0 aromatic carbocycles. The summed E-state index contributed by atoms with van der Waals surface area (Å²) < 4.78 is 0. The zero-order valence-electron chi connectivity index (χ0n) is 15.3. The minimum absolute atomic E-state index is 0. The molecular formula is C19H27Cl2N5. The Morgan fingerprint density at radius 2 is 1.92 bits per heavy atom. The summed E-state index contributed by atoms with van der Waals surface area (Å²) in [5.41, 5.74) is 4.12. The lowest BCUT2D eigenvalue weighted by atomic mass is 9.85. The molecule has 4 heterocycles. The molecule has 0 bridgehead atoms. The van der Waals surface area contributed by atoms with Crippen LogP contribution < -0.4 is 10.2 Å². The second kappa shape index (κ2) is 8.98. The lowest BCUT2D eigenvalue weighted by Gasteiger charge is -2.41. The normalized spacial score (nSPS) is 22.0. The van der Waals surface area contributed by atoms with Crippen LogP contribution in [0.15, 0.2) is 24.4 Å². The molecule has 2 saturated heterocycles. The van der Waals surface area contributed by atoms with E-state index in [4.69, 9.17) is 4.98 Å². The van der Waals surface area contributed by atoms with Gasteiger partial charge in [-0.2, -0.15) is 0 Å². The summed E-state index contributed by atoms with van der Waals surface area (Å²) in [6, 6.07) is 6.82. The summed E-state index contributed by atoms with van der Waals surface area (Å²) in [5, 5.41) is 3.67. The number of anilines is 1. The lowest BCUT2D eigenvalue weighted by molar-refractivity contribution is 0.243. The number of nitrogens with zero attached hydrogens (tertiary/aromatic N) is 4. The van der Waals surface area contributed by atoms with Crippen molar-refractivity contribution in [3.05, 3.63) is 35.8 Å². The molecule has 2 aromatic rings. The maximum Gasteiger partial charge on any atom is 0.225 e. The molecule has 0 saturated carbocycles. The van der Waals surface area contributed by atoms with Gasteiger partial charge >= 0.3 is 0 Å². The highest BCUT2D eigenvalue weighted by molar-refractivity contribution is 5.85. The molecule has 2 atom stereocenters. The molecule has 2 aromatic heterocycles. The van der Waals surface area contributed by atoms with Crippen LogP contribution in [0.4, 0.5) is 5.95 Å². The number of halogens is 2. The lowest BCUT2D eigenvalue weighted by Crippen LogP contribution is -2.52. The molecule has 1 N–H and O–H groups in total. The van der Waals surface area contributed by atoms with Gasteiger partial charge in [0.05, 0.1) is 5.69 Å². The topological polar surface area (TPSA) is 53.9 Å². The zero-order chi connectivity index (χ0) is 16.5. The van der Waals surface area contributed by atoms with E-state index >= 15 is 0 Å². The first kappa shape index (κ1) is 20.9. The summed E-state index contributed by atoms with van der Waals surface area (Å²) in [6.45, 7) is 7.33. The van der Waals surface area contributed by atoms with Crippen LogP contribution in [0.5, 0.6) is 0 Å². The minimum Gasteiger partial charge on any atom is -0.340 e. The van der Waals surface area contributed by atoms with Crippen molar-refractivity contribution in [3.63, 3.8) is 0 Å². The average Bonchev–Trinajstić information content (AvgIpc) is 2.61. The Hall–Kier alpha value is -1.43. The summed E-state index contributed by atoms with van der Waals surface area (Å²) >= 11 is 0. The summed E-state index contributed by atoms with van der Waals surface area (Å²) in [4.78, 5) is 16.3. The molecule has 142 valence electrons. The number of aromatic nitrogens is 3. The van der Waals surface area contributed by atoms with Crippen LogP contribution in [0.3, 0.4) is 0 Å². The Morgan fingerprint density at radius 3 is 2.73 bits per heavy atom. The number of fused-ring (bicyclic) bond motifs is 1. The maximum absolute atomic E-state index is 4.85. The first-order valence-electron chi connectivity index (χ1n) is 8.97. The van der Waals surface area contributed by atoms with E-state index in [2.05, 4.69) is 26.3 Å². The molecule has 5 nitrogen and oxygen atoms in total. The Labute approximate surface area is 167 Å². The van der Waals surface area contributed by atoms with Crippen LogP contribution in [0.2, 0.25) is 0 Å². The van der Waals surface area contributed by atoms with Gasteiger partial charge in [0.15, 0.2) is 0 Å². The van der Waals surface area contributed by atoms with E-state index < -0.39 is 0 Å². The Morgan fingerprint density at radius 1 is 1.08 bits per heavy atom. The number of rotatable bonds is 2. The van der Waals surface area contributed by atoms with E-state index in [0.29, 0.717) is 6.04 Å². The average molecular weight is 396 g/mol. The number of nitrogens with one attached hydrogen (secondary N) is 1. The van der Waals surface area contributed by atoms with Crippen molar-refractivity contribution in [3.8, 4) is 11.3 Å². The standard InChI is InChI=1S/C19H25N5.2ClH/c1-13-5-6-16(14(2)22-13)18-7-10-21-19(23-18)24-11-8-17-15(12-24)4-3-9-20-17;;/h5-7,10,15,17,20H,3-4,8-9,11-12H2,1-2H3;2*1H/t15-,17+;;/m1../s1. The fourth-order valence-corrected chi connectivity index (χ4v) is 4.03. The minimum atomic E-state index is 0. The third kappa shape index (κ3) is 4.27. The van der Waals surface area contributed by atoms with Crippen LogP contribution in [0.1, 0.15) is 30.7 Å². The van der Waals surface area contributed by atoms with Crippen molar-refractivity contribution < 1.29 is 0 Å². The van der Waals surface area contributed by atoms with Gasteiger partial charge in [0, 0.05) is 42.3 Å². The molecule has 0 amide bonds. The predicted octanol–water partition coefficient (Wildman–Crippen LogP) is 3.58. The van der Waals surface area contributed by atoms with Crippen molar-refractivity contribution in [2.24, 2.45) is 5.92 Å². The van der Waals surface area contributed by atoms with Crippen LogP contribution >= 0.6 is 24.8 Å². The Bertz CT molecular complexity index is 740. The first-order chi connectivity index (χ1) is 11.7. The van der Waals surface area contributed by atoms with E-state index in [9.17, 15) is 0 Å². The number of hydrogen-bond acceptors (Lipinski definition) is 5. The summed E-state index contributed by atoms with van der Waals surface area (Å²) in [7, 11) is 0. The number of hydrogen-bond donors (Lipinski definition) is 1. The van der Waals surface area contributed by atoms with Crippen molar-refractivity contribution in [2.75, 3.05) is 24.5 Å². The summed E-state index contributed by atoms with van der Waals surface area (Å²) in [6.07, 6.45) is 5.66. The monoisotopic (exact) mass is 395 g/mol. The van der Waals surface area contributed by atoms with Gasteiger partial charge in [-0.05, 0) is 63.8 Å². The van der Waals surface area contributed by atoms with Crippen LogP contribution in [0.25, 0.3) is 11.3 Å². The van der Waals surface area contributed by atoms with Crippen LogP contribution in [-0.2, 0) is 0 Å². The Kier molecular flexibility index (Phi) is 7.21. The molecule has 26 heavy (non-hydrogen) atoms. The van der Waals surface area contributed by atoms with E-state index in [1.54, 1.807) is 0 Å². The van der Waals surface area contributed by atoms with Crippen molar-refractivity contribution in [2.45, 2.75) is 39.2 Å². The van der Waals surface area contributed by atoms with Gasteiger partial charge in [-0.15, -0.1) is 24.8 Å². The number of aryl methyl sites for hydroxylation is 2. The molecule has 4 rings (SSSR count). The molecular weight excluding hydrogens is 369 g/mol. The molecule has 0 radical (unpaired) electrons. The number of piperidine rings is 2. The Balaban J connectivity index is 0.00000121. The van der Waals surface area contributed by atoms with Gasteiger partial charge in [0.1, 0.15) is 0 Å². The van der Waals surface area contributed by atoms with E-state index in [1.807, 2.05) is 32.2 Å². The fourth-order valence-electron chi connectivity index (χ4n) is 4.03. The molecule has 2 aliphatic heterocycles. The van der Waals surface area contributed by atoms with Crippen molar-refractivity contribution >= 4 is 30.8 Å². The highest BCUT2D eigenvalue weighted by Crippen LogP contribution is 2.28. The maximum atomic E-state index is 4.85.